The van der Waals surface area contributed by atoms with Crippen LogP contribution in [0.4, 0.5) is 0 Å². The molecule has 1 rings (SSSR count). The van der Waals surface area contributed by atoms with Crippen molar-refractivity contribution in [1.29, 1.82) is 0 Å². The summed E-state index contributed by atoms with van der Waals surface area (Å²) >= 11 is 0. The van der Waals surface area contributed by atoms with E-state index in [0.29, 0.717) is 6.04 Å². The highest BCUT2D eigenvalue weighted by Gasteiger charge is 2.26. The molecule has 16 heavy (non-hydrogen) atoms. The summed E-state index contributed by atoms with van der Waals surface area (Å²) in [5.41, 5.74) is 0. The molecule has 2 unspecified atom stereocenters. The van der Waals surface area contributed by atoms with Crippen molar-refractivity contribution < 1.29 is 4.79 Å². The lowest BCUT2D eigenvalue weighted by Crippen LogP contribution is -2.52. The van der Waals surface area contributed by atoms with Gasteiger partial charge in [-0.3, -0.25) is 9.69 Å². The highest BCUT2D eigenvalue weighted by Crippen LogP contribution is 2.13. The molecular weight excluding hydrogens is 202 g/mol. The lowest BCUT2D eigenvalue weighted by Gasteiger charge is -2.36. The lowest BCUT2D eigenvalue weighted by atomic mass is 10.0. The molecule has 0 saturated carbocycles. The Hall–Kier alpha value is -0.610. The second-order valence-corrected chi connectivity index (χ2v) is 4.58. The maximum atomic E-state index is 11.6. The number of piperidine rings is 1. The minimum atomic E-state index is -0.00349. The van der Waals surface area contributed by atoms with Crippen LogP contribution in [0.1, 0.15) is 33.1 Å². The van der Waals surface area contributed by atoms with E-state index < -0.39 is 0 Å². The highest BCUT2D eigenvalue weighted by atomic mass is 16.2. The number of rotatable bonds is 5. The summed E-state index contributed by atoms with van der Waals surface area (Å²) in [6.07, 6.45) is 3.58. The first-order valence-corrected chi connectivity index (χ1v) is 6.38. The van der Waals surface area contributed by atoms with Gasteiger partial charge in [-0.25, -0.2) is 0 Å². The first-order chi connectivity index (χ1) is 7.69. The van der Waals surface area contributed by atoms with E-state index in [1.165, 1.54) is 19.3 Å². The van der Waals surface area contributed by atoms with Gasteiger partial charge in [0.15, 0.2) is 0 Å². The number of hydrogen-bond donors (Lipinski definition) is 2. The summed E-state index contributed by atoms with van der Waals surface area (Å²) in [6, 6.07) is 0.553. The fourth-order valence-electron chi connectivity index (χ4n) is 2.25. The van der Waals surface area contributed by atoms with E-state index >= 15 is 0 Å². The Balaban J connectivity index is 2.40. The van der Waals surface area contributed by atoms with Crippen LogP contribution in [0.5, 0.6) is 0 Å². The normalized spacial score (nSPS) is 24.1. The van der Waals surface area contributed by atoms with E-state index in [0.717, 1.165) is 19.6 Å². The third kappa shape index (κ3) is 3.76. The molecule has 4 nitrogen and oxygen atoms in total. The molecule has 2 N–H and O–H groups in total. The number of carbonyl (C=O) groups excluding carboxylic acids is 1. The predicted molar refractivity (Wildman–Crippen MR) is 66.4 cm³/mol. The van der Waals surface area contributed by atoms with Crippen molar-refractivity contribution in [2.45, 2.75) is 45.2 Å². The van der Waals surface area contributed by atoms with Crippen LogP contribution in [0, 0.1) is 0 Å². The first-order valence-electron chi connectivity index (χ1n) is 6.38. The number of amides is 1. The zero-order valence-corrected chi connectivity index (χ0v) is 10.8. The minimum absolute atomic E-state index is 0.00349. The maximum Gasteiger partial charge on any atom is 0.236 e. The van der Waals surface area contributed by atoms with E-state index in [1.54, 1.807) is 7.05 Å². The molecule has 1 fully saturated rings. The summed E-state index contributed by atoms with van der Waals surface area (Å²) in [5, 5.41) is 6.26. The lowest BCUT2D eigenvalue weighted by molar-refractivity contribution is -0.125. The number of hydrogen-bond acceptors (Lipinski definition) is 3. The highest BCUT2D eigenvalue weighted by molar-refractivity contribution is 5.80. The summed E-state index contributed by atoms with van der Waals surface area (Å²) in [6.45, 7) is 7.28. The van der Waals surface area contributed by atoms with Gasteiger partial charge in [0.2, 0.25) is 5.91 Å². The summed E-state index contributed by atoms with van der Waals surface area (Å²) < 4.78 is 0. The Morgan fingerprint density at radius 2 is 2.31 bits per heavy atom. The quantitative estimate of drug-likeness (QED) is 0.722. The van der Waals surface area contributed by atoms with Gasteiger partial charge >= 0.3 is 0 Å². The van der Waals surface area contributed by atoms with Gasteiger partial charge in [0.05, 0.1) is 6.04 Å². The predicted octanol–water partition coefficient (Wildman–Crippen LogP) is 0.585. The Kier molecular flexibility index (Phi) is 5.77. The third-order valence-electron chi connectivity index (χ3n) is 3.31. The number of likely N-dealkylation sites (tertiary alicyclic amines) is 1. The monoisotopic (exact) mass is 227 g/mol. The van der Waals surface area contributed by atoms with Crippen molar-refractivity contribution in [3.8, 4) is 0 Å². The van der Waals surface area contributed by atoms with E-state index in [1.807, 2.05) is 6.92 Å². The molecule has 0 spiro atoms. The van der Waals surface area contributed by atoms with Gasteiger partial charge in [0.1, 0.15) is 0 Å². The van der Waals surface area contributed by atoms with Crippen LogP contribution in [0.15, 0.2) is 0 Å². The molecule has 4 heteroatoms. The molecule has 0 aromatic carbocycles. The number of nitrogens with one attached hydrogen (secondary N) is 2. The van der Waals surface area contributed by atoms with E-state index in [9.17, 15) is 4.79 Å². The average molecular weight is 227 g/mol. The fraction of sp³-hybridized carbons (Fsp3) is 0.917. The zero-order chi connectivity index (χ0) is 12.0. The van der Waals surface area contributed by atoms with Crippen LogP contribution >= 0.6 is 0 Å². The van der Waals surface area contributed by atoms with Crippen LogP contribution in [0.2, 0.25) is 0 Å². The minimum Gasteiger partial charge on any atom is -0.358 e. The SMILES string of the molecule is CCCNC1CCCN(C(C)C(=O)NC)C1. The van der Waals surface area contributed by atoms with Crippen molar-refractivity contribution >= 4 is 5.91 Å². The molecule has 1 amide bonds. The first kappa shape index (κ1) is 13.5. The van der Waals surface area contributed by atoms with E-state index in [2.05, 4.69) is 22.5 Å². The second-order valence-electron chi connectivity index (χ2n) is 4.58. The largest absolute Gasteiger partial charge is 0.358 e. The van der Waals surface area contributed by atoms with Gasteiger partial charge in [-0.05, 0) is 39.3 Å². The molecule has 0 aromatic heterocycles. The summed E-state index contributed by atoms with van der Waals surface area (Å²) in [5.74, 6) is 0.121. The average Bonchev–Trinajstić information content (AvgIpc) is 2.34. The maximum absolute atomic E-state index is 11.6. The second kappa shape index (κ2) is 6.86. The number of likely N-dealkylation sites (N-methyl/N-ethyl adjacent to an activating group) is 1. The van der Waals surface area contributed by atoms with Crippen LogP contribution in [0.25, 0.3) is 0 Å². The zero-order valence-electron chi connectivity index (χ0n) is 10.8. The summed E-state index contributed by atoms with van der Waals surface area (Å²) in [4.78, 5) is 13.8. The molecule has 1 aliphatic heterocycles. The molecule has 94 valence electrons. The number of carbonyl (C=O) groups is 1. The third-order valence-corrected chi connectivity index (χ3v) is 3.31. The van der Waals surface area contributed by atoms with E-state index in [4.69, 9.17) is 0 Å². The molecule has 1 aliphatic rings. The molecule has 0 aliphatic carbocycles. The number of nitrogens with zero attached hydrogens (tertiary/aromatic N) is 1. The van der Waals surface area contributed by atoms with Crippen molar-refractivity contribution in [1.82, 2.24) is 15.5 Å². The van der Waals surface area contributed by atoms with Gasteiger partial charge in [-0.15, -0.1) is 0 Å². The van der Waals surface area contributed by atoms with Crippen LogP contribution < -0.4 is 10.6 Å². The van der Waals surface area contributed by atoms with Gasteiger partial charge < -0.3 is 10.6 Å². The molecule has 2 atom stereocenters. The standard InChI is InChI=1S/C12H25N3O/c1-4-7-14-11-6-5-8-15(9-11)10(2)12(16)13-3/h10-11,14H,4-9H2,1-3H3,(H,13,16). The van der Waals surface area contributed by atoms with Gasteiger partial charge in [-0.1, -0.05) is 6.92 Å². The fourth-order valence-corrected chi connectivity index (χ4v) is 2.25. The van der Waals surface area contributed by atoms with Crippen LogP contribution in [-0.2, 0) is 4.79 Å². The Morgan fingerprint density at radius 3 is 2.94 bits per heavy atom. The topological polar surface area (TPSA) is 44.4 Å². The molecule has 0 bridgehead atoms. The van der Waals surface area contributed by atoms with Gasteiger partial charge in [0, 0.05) is 19.6 Å². The Morgan fingerprint density at radius 1 is 1.56 bits per heavy atom. The van der Waals surface area contributed by atoms with Crippen LogP contribution in [0.3, 0.4) is 0 Å². The molecule has 1 saturated heterocycles. The van der Waals surface area contributed by atoms with Gasteiger partial charge in [-0.2, -0.15) is 0 Å². The van der Waals surface area contributed by atoms with Gasteiger partial charge in [0.25, 0.3) is 0 Å². The molecular formula is C12H25N3O. The van der Waals surface area contributed by atoms with Crippen molar-refractivity contribution in [3.05, 3.63) is 0 Å². The molecule has 0 radical (unpaired) electrons. The van der Waals surface area contributed by atoms with Crippen molar-refractivity contribution in [2.75, 3.05) is 26.7 Å². The Bertz CT molecular complexity index is 220. The molecule has 1 heterocycles. The smallest absolute Gasteiger partial charge is 0.236 e. The van der Waals surface area contributed by atoms with E-state index in [-0.39, 0.29) is 11.9 Å². The van der Waals surface area contributed by atoms with Crippen molar-refractivity contribution in [3.63, 3.8) is 0 Å². The van der Waals surface area contributed by atoms with Crippen LogP contribution in [-0.4, -0.2) is 49.6 Å². The summed E-state index contributed by atoms with van der Waals surface area (Å²) in [7, 11) is 1.70. The molecule has 0 aromatic rings. The van der Waals surface area contributed by atoms with Crippen molar-refractivity contribution in [2.24, 2.45) is 0 Å². The Labute approximate surface area is 98.8 Å².